The van der Waals surface area contributed by atoms with E-state index in [1.54, 1.807) is 0 Å². The van der Waals surface area contributed by atoms with Crippen LogP contribution in [0.4, 0.5) is 5.82 Å². The molecule has 0 radical (unpaired) electrons. The molecule has 0 saturated heterocycles. The predicted molar refractivity (Wildman–Crippen MR) is 77.8 cm³/mol. The molecule has 0 bridgehead atoms. The van der Waals surface area contributed by atoms with E-state index in [0.29, 0.717) is 0 Å². The van der Waals surface area contributed by atoms with E-state index < -0.39 is 0 Å². The summed E-state index contributed by atoms with van der Waals surface area (Å²) in [5.41, 5.74) is 1.36. The lowest BCUT2D eigenvalue weighted by atomic mass is 10.1. The van der Waals surface area contributed by atoms with Crippen molar-refractivity contribution in [2.75, 3.05) is 5.32 Å². The van der Waals surface area contributed by atoms with Gasteiger partial charge in [0.25, 0.3) is 0 Å². The van der Waals surface area contributed by atoms with Crippen LogP contribution >= 0.6 is 27.3 Å². The molecule has 0 spiro atoms. The first-order valence-electron chi connectivity index (χ1n) is 5.52. The summed E-state index contributed by atoms with van der Waals surface area (Å²) in [7, 11) is 0. The van der Waals surface area contributed by atoms with E-state index in [1.165, 1.54) is 15.3 Å². The van der Waals surface area contributed by atoms with Gasteiger partial charge in [0.15, 0.2) is 0 Å². The molecular formula is C13H15BrN2S. The molecule has 1 unspecified atom stereocenters. The number of nitrogens with one attached hydrogen (secondary N) is 1. The molecule has 2 heterocycles. The van der Waals surface area contributed by atoms with Crippen molar-refractivity contribution in [2.45, 2.75) is 26.8 Å². The van der Waals surface area contributed by atoms with Crippen LogP contribution in [0.1, 0.15) is 28.3 Å². The Morgan fingerprint density at radius 3 is 2.71 bits per heavy atom. The zero-order valence-electron chi connectivity index (χ0n) is 10.1. The molecular weight excluding hydrogens is 296 g/mol. The van der Waals surface area contributed by atoms with E-state index in [1.807, 2.05) is 29.5 Å². The average molecular weight is 311 g/mol. The largest absolute Gasteiger partial charge is 0.363 e. The third kappa shape index (κ3) is 3.07. The van der Waals surface area contributed by atoms with Gasteiger partial charge < -0.3 is 5.32 Å². The molecule has 0 aliphatic rings. The molecule has 0 aromatic carbocycles. The summed E-state index contributed by atoms with van der Waals surface area (Å²) in [4.78, 5) is 7.11. The molecule has 17 heavy (non-hydrogen) atoms. The number of thiophene rings is 1. The minimum absolute atomic E-state index is 0.279. The highest BCUT2D eigenvalue weighted by Crippen LogP contribution is 2.28. The molecule has 0 aliphatic heterocycles. The van der Waals surface area contributed by atoms with Crippen molar-refractivity contribution in [2.24, 2.45) is 0 Å². The van der Waals surface area contributed by atoms with Gasteiger partial charge in [0, 0.05) is 9.75 Å². The Morgan fingerprint density at radius 1 is 1.35 bits per heavy atom. The number of anilines is 1. The number of hydrogen-bond donors (Lipinski definition) is 1. The van der Waals surface area contributed by atoms with E-state index in [0.717, 1.165) is 10.4 Å². The summed E-state index contributed by atoms with van der Waals surface area (Å²) in [6, 6.07) is 8.42. The quantitative estimate of drug-likeness (QED) is 0.831. The minimum Gasteiger partial charge on any atom is -0.363 e. The Morgan fingerprint density at radius 2 is 2.12 bits per heavy atom. The zero-order chi connectivity index (χ0) is 12.4. The van der Waals surface area contributed by atoms with E-state index in [9.17, 15) is 0 Å². The second-order valence-electron chi connectivity index (χ2n) is 4.08. The number of halogens is 1. The van der Waals surface area contributed by atoms with Crippen molar-refractivity contribution in [3.63, 3.8) is 0 Å². The molecule has 0 amide bonds. The van der Waals surface area contributed by atoms with Crippen LogP contribution in [0.15, 0.2) is 28.9 Å². The Bertz CT molecular complexity index is 522. The maximum Gasteiger partial charge on any atom is 0.127 e. The van der Waals surface area contributed by atoms with Crippen LogP contribution in [-0.2, 0) is 0 Å². The van der Waals surface area contributed by atoms with Gasteiger partial charge in [-0.1, -0.05) is 6.07 Å². The number of aromatic nitrogens is 1. The smallest absolute Gasteiger partial charge is 0.127 e. The summed E-state index contributed by atoms with van der Waals surface area (Å²) in [5.74, 6) is 0.898. The van der Waals surface area contributed by atoms with Crippen molar-refractivity contribution in [3.8, 4) is 0 Å². The van der Waals surface area contributed by atoms with Crippen LogP contribution in [-0.4, -0.2) is 4.98 Å². The Balaban J connectivity index is 2.16. The van der Waals surface area contributed by atoms with Crippen molar-refractivity contribution in [3.05, 3.63) is 44.2 Å². The number of aryl methyl sites for hydroxylation is 2. The second kappa shape index (κ2) is 5.19. The molecule has 2 aromatic heterocycles. The Kier molecular flexibility index (Phi) is 3.84. The molecule has 1 N–H and O–H groups in total. The fourth-order valence-corrected chi connectivity index (χ4v) is 3.23. The second-order valence-corrected chi connectivity index (χ2v) is 6.35. The van der Waals surface area contributed by atoms with Crippen molar-refractivity contribution >= 4 is 33.1 Å². The van der Waals surface area contributed by atoms with Crippen LogP contribution in [0.2, 0.25) is 0 Å². The zero-order valence-corrected chi connectivity index (χ0v) is 12.5. The van der Waals surface area contributed by atoms with Crippen LogP contribution in [0.25, 0.3) is 0 Å². The van der Waals surface area contributed by atoms with E-state index in [4.69, 9.17) is 0 Å². The average Bonchev–Trinajstić information content (AvgIpc) is 2.58. The van der Waals surface area contributed by atoms with Gasteiger partial charge in [-0.3, -0.25) is 0 Å². The molecule has 0 fully saturated rings. The first-order chi connectivity index (χ1) is 8.06. The predicted octanol–water partition coefficient (Wildman–Crippen LogP) is 4.70. The lowest BCUT2D eigenvalue weighted by Crippen LogP contribution is -2.07. The van der Waals surface area contributed by atoms with Crippen molar-refractivity contribution in [1.82, 2.24) is 4.98 Å². The van der Waals surface area contributed by atoms with Crippen molar-refractivity contribution < 1.29 is 0 Å². The van der Waals surface area contributed by atoms with Gasteiger partial charge in [0.2, 0.25) is 0 Å². The Hall–Kier alpha value is -0.870. The molecule has 90 valence electrons. The number of hydrogen-bond acceptors (Lipinski definition) is 3. The molecule has 0 aliphatic carbocycles. The van der Waals surface area contributed by atoms with Gasteiger partial charge in [-0.25, -0.2) is 4.98 Å². The van der Waals surface area contributed by atoms with Gasteiger partial charge in [-0.05, 0) is 60.5 Å². The molecule has 2 nitrogen and oxygen atoms in total. The first-order valence-corrected chi connectivity index (χ1v) is 7.13. The highest BCUT2D eigenvalue weighted by molar-refractivity contribution is 9.10. The highest BCUT2D eigenvalue weighted by Gasteiger charge is 2.11. The molecule has 4 heteroatoms. The van der Waals surface area contributed by atoms with Gasteiger partial charge >= 0.3 is 0 Å². The third-order valence-corrected chi connectivity index (χ3v) is 4.05. The monoisotopic (exact) mass is 310 g/mol. The van der Waals surface area contributed by atoms with Gasteiger partial charge in [0.05, 0.1) is 6.04 Å². The molecule has 1 atom stereocenters. The maximum atomic E-state index is 4.38. The van der Waals surface area contributed by atoms with Gasteiger partial charge in [-0.2, -0.15) is 0 Å². The van der Waals surface area contributed by atoms with Crippen LogP contribution < -0.4 is 5.32 Å². The SMILES string of the molecule is Cc1cc(C(C)Nc2cccc(Br)n2)c(C)s1. The topological polar surface area (TPSA) is 24.9 Å². The molecule has 2 aromatic rings. The lowest BCUT2D eigenvalue weighted by molar-refractivity contribution is 0.870. The first kappa shape index (κ1) is 12.6. The standard InChI is InChI=1S/C13H15BrN2S/c1-8-7-11(10(3)17-8)9(2)15-13-6-4-5-12(14)16-13/h4-7,9H,1-3H3,(H,15,16). The third-order valence-electron chi connectivity index (χ3n) is 2.63. The normalized spacial score (nSPS) is 12.5. The highest BCUT2D eigenvalue weighted by atomic mass is 79.9. The van der Waals surface area contributed by atoms with Crippen LogP contribution in [0, 0.1) is 13.8 Å². The van der Waals surface area contributed by atoms with Crippen LogP contribution in [0.5, 0.6) is 0 Å². The van der Waals surface area contributed by atoms with Gasteiger partial charge in [0.1, 0.15) is 10.4 Å². The Labute approximate surface area is 114 Å². The van der Waals surface area contributed by atoms with E-state index in [-0.39, 0.29) is 6.04 Å². The number of nitrogens with zero attached hydrogens (tertiary/aromatic N) is 1. The van der Waals surface area contributed by atoms with Crippen LogP contribution in [0.3, 0.4) is 0 Å². The lowest BCUT2D eigenvalue weighted by Gasteiger charge is -2.14. The fraction of sp³-hybridized carbons (Fsp3) is 0.308. The van der Waals surface area contributed by atoms with Gasteiger partial charge in [-0.15, -0.1) is 11.3 Å². The van der Waals surface area contributed by atoms with E-state index >= 15 is 0 Å². The summed E-state index contributed by atoms with van der Waals surface area (Å²) in [6.45, 7) is 6.47. The molecule has 2 rings (SSSR count). The number of rotatable bonds is 3. The summed E-state index contributed by atoms with van der Waals surface area (Å²) >= 11 is 5.22. The molecule has 0 saturated carbocycles. The summed E-state index contributed by atoms with van der Waals surface area (Å²) in [6.07, 6.45) is 0. The fourth-order valence-electron chi connectivity index (χ4n) is 1.87. The summed E-state index contributed by atoms with van der Waals surface area (Å²) in [5, 5.41) is 3.42. The van der Waals surface area contributed by atoms with Crippen molar-refractivity contribution in [1.29, 1.82) is 0 Å². The summed E-state index contributed by atoms with van der Waals surface area (Å²) < 4.78 is 0.855. The number of pyridine rings is 1. The van der Waals surface area contributed by atoms with E-state index in [2.05, 4.69) is 53.1 Å². The minimum atomic E-state index is 0.279. The maximum absolute atomic E-state index is 4.38.